The number of aryl methyl sites for hydroxylation is 1. The maximum Gasteiger partial charge on any atom is 0.243 e. The van der Waals surface area contributed by atoms with E-state index < -0.39 is 10.0 Å². The standard InChI is InChI=1S/C15H21NO4S/c1-12-5-7-14(8-6-12)21(17,18)16-10-13(11-16)20-15-4-2-3-9-19-15/h5-8,13,15H,2-4,9-11H2,1H3. The Hall–Kier alpha value is -0.950. The van der Waals surface area contributed by atoms with Gasteiger partial charge in [0.05, 0.1) is 11.0 Å². The molecule has 0 aromatic heterocycles. The van der Waals surface area contributed by atoms with Gasteiger partial charge in [-0.05, 0) is 38.3 Å². The summed E-state index contributed by atoms with van der Waals surface area (Å²) < 4.78 is 37.6. The average molecular weight is 311 g/mol. The maximum atomic E-state index is 12.4. The molecule has 0 radical (unpaired) electrons. The van der Waals surface area contributed by atoms with Gasteiger partial charge in [0.25, 0.3) is 0 Å². The van der Waals surface area contributed by atoms with E-state index in [9.17, 15) is 8.42 Å². The van der Waals surface area contributed by atoms with E-state index in [4.69, 9.17) is 9.47 Å². The number of ether oxygens (including phenoxy) is 2. The summed E-state index contributed by atoms with van der Waals surface area (Å²) in [5.74, 6) is 0. The van der Waals surface area contributed by atoms with Gasteiger partial charge < -0.3 is 9.47 Å². The van der Waals surface area contributed by atoms with Crippen molar-refractivity contribution in [3.05, 3.63) is 29.8 Å². The van der Waals surface area contributed by atoms with Crippen LogP contribution in [0.15, 0.2) is 29.2 Å². The maximum absolute atomic E-state index is 12.4. The monoisotopic (exact) mass is 311 g/mol. The van der Waals surface area contributed by atoms with Gasteiger partial charge in [-0.25, -0.2) is 8.42 Å². The van der Waals surface area contributed by atoms with Crippen molar-refractivity contribution in [2.24, 2.45) is 0 Å². The van der Waals surface area contributed by atoms with Crippen LogP contribution in [0.2, 0.25) is 0 Å². The molecule has 6 heteroatoms. The number of benzene rings is 1. The molecule has 5 nitrogen and oxygen atoms in total. The molecule has 0 saturated carbocycles. The van der Waals surface area contributed by atoms with Crippen LogP contribution in [-0.2, 0) is 19.5 Å². The van der Waals surface area contributed by atoms with Crippen LogP contribution >= 0.6 is 0 Å². The first kappa shape index (κ1) is 15.0. The van der Waals surface area contributed by atoms with Crippen molar-refractivity contribution >= 4 is 10.0 Å². The summed E-state index contributed by atoms with van der Waals surface area (Å²) in [5.41, 5.74) is 1.05. The Balaban J connectivity index is 1.56. The van der Waals surface area contributed by atoms with E-state index >= 15 is 0 Å². The molecule has 2 heterocycles. The van der Waals surface area contributed by atoms with Gasteiger partial charge >= 0.3 is 0 Å². The fraction of sp³-hybridized carbons (Fsp3) is 0.600. The van der Waals surface area contributed by atoms with Gasteiger partial charge in [0.15, 0.2) is 6.29 Å². The predicted molar refractivity (Wildman–Crippen MR) is 78.4 cm³/mol. The number of nitrogens with zero attached hydrogens (tertiary/aromatic N) is 1. The van der Waals surface area contributed by atoms with E-state index in [0.29, 0.717) is 18.0 Å². The number of hydrogen-bond acceptors (Lipinski definition) is 4. The van der Waals surface area contributed by atoms with Crippen molar-refractivity contribution in [3.8, 4) is 0 Å². The van der Waals surface area contributed by atoms with Crippen LogP contribution in [-0.4, -0.2) is 44.8 Å². The van der Waals surface area contributed by atoms with E-state index in [-0.39, 0.29) is 12.4 Å². The highest BCUT2D eigenvalue weighted by atomic mass is 32.2. The number of hydrogen-bond donors (Lipinski definition) is 0. The van der Waals surface area contributed by atoms with Gasteiger partial charge in [-0.2, -0.15) is 4.31 Å². The molecular formula is C15H21NO4S. The average Bonchev–Trinajstić information content (AvgIpc) is 2.44. The minimum Gasteiger partial charge on any atom is -0.353 e. The highest BCUT2D eigenvalue weighted by Gasteiger charge is 2.38. The molecule has 1 unspecified atom stereocenters. The topological polar surface area (TPSA) is 55.8 Å². The summed E-state index contributed by atoms with van der Waals surface area (Å²) in [6.45, 7) is 3.50. The number of sulfonamides is 1. The molecule has 0 N–H and O–H groups in total. The van der Waals surface area contributed by atoms with Crippen molar-refractivity contribution in [1.29, 1.82) is 0 Å². The molecule has 2 aliphatic heterocycles. The van der Waals surface area contributed by atoms with Gasteiger partial charge in [0.2, 0.25) is 10.0 Å². The molecule has 0 spiro atoms. The molecule has 116 valence electrons. The Morgan fingerprint density at radius 1 is 1.19 bits per heavy atom. The Morgan fingerprint density at radius 3 is 2.52 bits per heavy atom. The minimum absolute atomic E-state index is 0.0478. The Morgan fingerprint density at radius 2 is 1.90 bits per heavy atom. The second-order valence-corrected chi connectivity index (χ2v) is 7.63. The zero-order valence-corrected chi connectivity index (χ0v) is 13.0. The minimum atomic E-state index is -3.38. The Bertz CT molecular complexity index is 572. The molecule has 1 aromatic carbocycles. The lowest BCUT2D eigenvalue weighted by molar-refractivity contribution is -0.205. The van der Waals surface area contributed by atoms with Crippen molar-refractivity contribution in [2.45, 2.75) is 43.5 Å². The Kier molecular flexibility index (Phi) is 4.31. The van der Waals surface area contributed by atoms with Crippen molar-refractivity contribution in [2.75, 3.05) is 19.7 Å². The third kappa shape index (κ3) is 3.29. The second kappa shape index (κ2) is 6.04. The summed E-state index contributed by atoms with van der Waals surface area (Å²) in [5, 5.41) is 0. The van der Waals surface area contributed by atoms with Crippen molar-refractivity contribution in [1.82, 2.24) is 4.31 Å². The van der Waals surface area contributed by atoms with E-state index in [1.807, 2.05) is 19.1 Å². The smallest absolute Gasteiger partial charge is 0.243 e. The van der Waals surface area contributed by atoms with Gasteiger partial charge in [-0.3, -0.25) is 0 Å². The van der Waals surface area contributed by atoms with Crippen LogP contribution in [0.5, 0.6) is 0 Å². The SMILES string of the molecule is Cc1ccc(S(=O)(=O)N2CC(OC3CCCCO3)C2)cc1. The fourth-order valence-corrected chi connectivity index (χ4v) is 4.08. The molecular weight excluding hydrogens is 290 g/mol. The first-order valence-electron chi connectivity index (χ1n) is 7.39. The zero-order chi connectivity index (χ0) is 14.9. The third-order valence-electron chi connectivity index (χ3n) is 3.96. The van der Waals surface area contributed by atoms with E-state index in [2.05, 4.69) is 0 Å². The highest BCUT2D eigenvalue weighted by Crippen LogP contribution is 2.25. The van der Waals surface area contributed by atoms with Crippen LogP contribution < -0.4 is 0 Å². The molecule has 2 aliphatic rings. The molecule has 0 amide bonds. The highest BCUT2D eigenvalue weighted by molar-refractivity contribution is 7.89. The summed E-state index contributed by atoms with van der Waals surface area (Å²) in [7, 11) is -3.38. The van der Waals surface area contributed by atoms with Crippen LogP contribution in [0, 0.1) is 6.92 Å². The second-order valence-electron chi connectivity index (χ2n) is 5.69. The summed E-state index contributed by atoms with van der Waals surface area (Å²) in [6, 6.07) is 6.94. The van der Waals surface area contributed by atoms with E-state index in [1.54, 1.807) is 12.1 Å². The summed E-state index contributed by atoms with van der Waals surface area (Å²) in [4.78, 5) is 0.348. The molecule has 21 heavy (non-hydrogen) atoms. The van der Waals surface area contributed by atoms with Crippen molar-refractivity contribution < 1.29 is 17.9 Å². The third-order valence-corrected chi connectivity index (χ3v) is 5.80. The van der Waals surface area contributed by atoms with E-state index in [0.717, 1.165) is 31.4 Å². The fourth-order valence-electron chi connectivity index (χ4n) is 2.58. The van der Waals surface area contributed by atoms with Crippen LogP contribution in [0.1, 0.15) is 24.8 Å². The normalized spacial score (nSPS) is 24.7. The van der Waals surface area contributed by atoms with Crippen LogP contribution in [0.25, 0.3) is 0 Å². The lowest BCUT2D eigenvalue weighted by Crippen LogP contribution is -2.55. The van der Waals surface area contributed by atoms with Crippen LogP contribution in [0.4, 0.5) is 0 Å². The lowest BCUT2D eigenvalue weighted by Gasteiger charge is -2.40. The molecule has 3 rings (SSSR count). The summed E-state index contributed by atoms with van der Waals surface area (Å²) in [6.07, 6.45) is 2.89. The molecule has 0 bridgehead atoms. The predicted octanol–water partition coefficient (Wildman–Crippen LogP) is 1.91. The van der Waals surface area contributed by atoms with Gasteiger partial charge in [0, 0.05) is 19.7 Å². The van der Waals surface area contributed by atoms with Crippen LogP contribution in [0.3, 0.4) is 0 Å². The molecule has 1 aromatic rings. The van der Waals surface area contributed by atoms with E-state index in [1.165, 1.54) is 4.31 Å². The van der Waals surface area contributed by atoms with Crippen molar-refractivity contribution in [3.63, 3.8) is 0 Å². The van der Waals surface area contributed by atoms with Gasteiger partial charge in [0.1, 0.15) is 0 Å². The zero-order valence-electron chi connectivity index (χ0n) is 12.2. The molecule has 0 aliphatic carbocycles. The molecule has 2 saturated heterocycles. The first-order valence-corrected chi connectivity index (χ1v) is 8.83. The van der Waals surface area contributed by atoms with Gasteiger partial charge in [-0.15, -0.1) is 0 Å². The molecule has 2 fully saturated rings. The quantitative estimate of drug-likeness (QED) is 0.852. The lowest BCUT2D eigenvalue weighted by atomic mass is 10.2. The first-order chi connectivity index (χ1) is 10.1. The number of rotatable bonds is 4. The summed E-state index contributed by atoms with van der Waals surface area (Å²) >= 11 is 0. The Labute approximate surface area is 125 Å². The molecule has 1 atom stereocenters. The largest absolute Gasteiger partial charge is 0.353 e. The van der Waals surface area contributed by atoms with Gasteiger partial charge in [-0.1, -0.05) is 17.7 Å².